The van der Waals surface area contributed by atoms with Crippen LogP contribution in [0.3, 0.4) is 0 Å². The zero-order chi connectivity index (χ0) is 17.1. The first-order valence-corrected chi connectivity index (χ1v) is 8.12. The van der Waals surface area contributed by atoms with Crippen molar-refractivity contribution in [2.24, 2.45) is 0 Å². The summed E-state index contributed by atoms with van der Waals surface area (Å²) in [5, 5.41) is 0.662. The lowest BCUT2D eigenvalue weighted by molar-refractivity contribution is 0.152. The van der Waals surface area contributed by atoms with Crippen molar-refractivity contribution in [3.05, 3.63) is 70.3 Å². The number of hydrogen-bond acceptors (Lipinski definition) is 3. The molecule has 0 saturated heterocycles. The summed E-state index contributed by atoms with van der Waals surface area (Å²) in [4.78, 5) is 17.7. The fraction of sp³-hybridized carbons (Fsp3) is 0.263. The lowest BCUT2D eigenvalue weighted by Gasteiger charge is -2.22. The van der Waals surface area contributed by atoms with Gasteiger partial charge in [-0.2, -0.15) is 0 Å². The Bertz CT molecular complexity index is 906. The van der Waals surface area contributed by atoms with E-state index in [0.29, 0.717) is 17.8 Å². The third-order valence-electron chi connectivity index (χ3n) is 4.27. The van der Waals surface area contributed by atoms with Crippen molar-refractivity contribution in [3.8, 4) is 0 Å². The van der Waals surface area contributed by atoms with Gasteiger partial charge < -0.3 is 4.74 Å². The predicted octanol–water partition coefficient (Wildman–Crippen LogP) is 1.39. The van der Waals surface area contributed by atoms with Crippen molar-refractivity contribution in [2.75, 3.05) is 13.7 Å². The molecule has 4 nitrogen and oxygen atoms in total. The third-order valence-corrected chi connectivity index (χ3v) is 4.27. The van der Waals surface area contributed by atoms with Crippen molar-refractivity contribution in [1.29, 1.82) is 0 Å². The lowest BCUT2D eigenvalue weighted by atomic mass is 9.95. The van der Waals surface area contributed by atoms with Gasteiger partial charge in [-0.25, -0.2) is 4.98 Å². The monoisotopic (exact) mass is 320 g/mol. The van der Waals surface area contributed by atoms with Gasteiger partial charge in [-0.15, -0.1) is 0 Å². The first kappa shape index (κ1) is 16.5. The van der Waals surface area contributed by atoms with Gasteiger partial charge in [0.2, 0.25) is 0 Å². The zero-order valence-corrected chi connectivity index (χ0v) is 14.3. The molecule has 0 saturated carbocycles. The van der Waals surface area contributed by atoms with E-state index in [1.807, 2.05) is 51.2 Å². The number of fused-ring (bicyclic) bond motifs is 1. The average Bonchev–Trinajstić information content (AvgIpc) is 2.57. The van der Waals surface area contributed by atoms with Crippen LogP contribution in [0.2, 0.25) is 0 Å². The molecule has 0 aliphatic carbocycles. The molecular formula is C19H21BN2O2. The van der Waals surface area contributed by atoms with Crippen LogP contribution in [0.15, 0.2) is 53.3 Å². The van der Waals surface area contributed by atoms with Crippen molar-refractivity contribution < 1.29 is 4.74 Å². The van der Waals surface area contributed by atoms with Crippen LogP contribution < -0.4 is 11.0 Å². The van der Waals surface area contributed by atoms with Crippen molar-refractivity contribution in [1.82, 2.24) is 9.55 Å². The molecule has 0 amide bonds. The molecule has 24 heavy (non-hydrogen) atoms. The van der Waals surface area contributed by atoms with Crippen molar-refractivity contribution in [3.63, 3.8) is 0 Å². The summed E-state index contributed by atoms with van der Waals surface area (Å²) in [6.45, 7) is 2.35. The Morgan fingerprint density at radius 3 is 2.67 bits per heavy atom. The Hall–Kier alpha value is -2.40. The number of aryl methyl sites for hydroxylation is 1. The Labute approximate surface area is 142 Å². The Balaban J connectivity index is 2.11. The minimum Gasteiger partial charge on any atom is -0.383 e. The second-order valence-corrected chi connectivity index (χ2v) is 6.15. The molecule has 0 spiro atoms. The molecule has 0 aliphatic heterocycles. The molecule has 3 aromatic rings. The van der Waals surface area contributed by atoms with Crippen LogP contribution in [-0.4, -0.2) is 31.1 Å². The molecule has 0 bridgehead atoms. The van der Waals surface area contributed by atoms with E-state index in [0.717, 1.165) is 17.4 Å². The Kier molecular flexibility index (Phi) is 4.81. The molecule has 5 heteroatoms. The van der Waals surface area contributed by atoms with Gasteiger partial charge in [0.25, 0.3) is 5.56 Å². The second-order valence-electron chi connectivity index (χ2n) is 6.15. The molecule has 0 unspecified atom stereocenters. The number of rotatable bonds is 5. The summed E-state index contributed by atoms with van der Waals surface area (Å²) in [5.41, 5.74) is 2.98. The number of benzene rings is 2. The highest BCUT2D eigenvalue weighted by Gasteiger charge is 2.18. The second kappa shape index (κ2) is 7.01. The van der Waals surface area contributed by atoms with Crippen LogP contribution in [0, 0.1) is 6.92 Å². The first-order valence-electron chi connectivity index (χ1n) is 8.12. The maximum Gasteiger partial charge on any atom is 0.261 e. The van der Waals surface area contributed by atoms with Crippen molar-refractivity contribution >= 4 is 24.2 Å². The van der Waals surface area contributed by atoms with E-state index in [4.69, 9.17) is 4.74 Å². The number of ether oxygens (including phenoxy) is 1. The maximum absolute atomic E-state index is 13.1. The van der Waals surface area contributed by atoms with Gasteiger partial charge in [-0.05, 0) is 25.0 Å². The summed E-state index contributed by atoms with van der Waals surface area (Å²) >= 11 is 0. The number of methoxy groups -OCH3 is 1. The van der Waals surface area contributed by atoms with Crippen LogP contribution in [-0.2, 0) is 11.2 Å². The van der Waals surface area contributed by atoms with E-state index in [1.165, 1.54) is 5.56 Å². The highest BCUT2D eigenvalue weighted by atomic mass is 16.5. The molecule has 0 fully saturated rings. The number of nitrogens with zero attached hydrogens (tertiary/aromatic N) is 2. The summed E-state index contributed by atoms with van der Waals surface area (Å²) < 4.78 is 7.16. The van der Waals surface area contributed by atoms with Gasteiger partial charge in [0.1, 0.15) is 13.7 Å². The smallest absolute Gasteiger partial charge is 0.261 e. The fourth-order valence-corrected chi connectivity index (χ4v) is 3.16. The Morgan fingerprint density at radius 2 is 1.96 bits per heavy atom. The molecule has 0 N–H and O–H groups in total. The maximum atomic E-state index is 13.1. The molecule has 0 radical (unpaired) electrons. The Morgan fingerprint density at radius 1 is 1.21 bits per heavy atom. The standard InChI is InChI=1S/C19H21BN2O2/c1-13-21-18-9-8-15(20)11-17(18)19(23)22(13)16(12-24-2)10-14-6-4-3-5-7-14/h3-9,11,16H,10,12,20H2,1-2H3/t16-/m0/s1. The normalized spacial score (nSPS) is 12.4. The SMILES string of the molecule is Bc1ccc2nc(C)n([C@H](COC)Cc3ccccc3)c(=O)c2c1. The molecule has 1 heterocycles. The molecule has 3 rings (SSSR count). The van der Waals surface area contributed by atoms with Gasteiger partial charge in [-0.3, -0.25) is 9.36 Å². The molecule has 0 aliphatic rings. The summed E-state index contributed by atoms with van der Waals surface area (Å²) in [7, 11) is 3.65. The molecule has 1 aromatic heterocycles. The number of aromatic nitrogens is 2. The summed E-state index contributed by atoms with van der Waals surface area (Å²) in [6.07, 6.45) is 0.731. The van der Waals surface area contributed by atoms with Gasteiger partial charge in [0, 0.05) is 7.11 Å². The van der Waals surface area contributed by atoms with Crippen LogP contribution in [0.25, 0.3) is 10.9 Å². The number of hydrogen-bond donors (Lipinski definition) is 0. The summed E-state index contributed by atoms with van der Waals surface area (Å²) in [6, 6.07) is 15.9. The van der Waals surface area contributed by atoms with Crippen LogP contribution in [0.1, 0.15) is 17.4 Å². The van der Waals surface area contributed by atoms with Crippen molar-refractivity contribution in [2.45, 2.75) is 19.4 Å². The largest absolute Gasteiger partial charge is 0.383 e. The highest BCUT2D eigenvalue weighted by Crippen LogP contribution is 2.16. The van der Waals surface area contributed by atoms with Gasteiger partial charge in [0.05, 0.1) is 23.6 Å². The van der Waals surface area contributed by atoms with Crippen LogP contribution in [0.5, 0.6) is 0 Å². The van der Waals surface area contributed by atoms with Gasteiger partial charge >= 0.3 is 0 Å². The minimum atomic E-state index is -0.0812. The van der Waals surface area contributed by atoms with Gasteiger partial charge in [0.15, 0.2) is 0 Å². The quantitative estimate of drug-likeness (QED) is 0.668. The third kappa shape index (κ3) is 3.26. The molecule has 122 valence electrons. The van der Waals surface area contributed by atoms with Crippen LogP contribution in [0.4, 0.5) is 0 Å². The van der Waals surface area contributed by atoms with Crippen LogP contribution >= 0.6 is 0 Å². The average molecular weight is 320 g/mol. The van der Waals surface area contributed by atoms with E-state index in [9.17, 15) is 4.79 Å². The molecule has 2 aromatic carbocycles. The van der Waals surface area contributed by atoms with E-state index >= 15 is 0 Å². The van der Waals surface area contributed by atoms with E-state index in [1.54, 1.807) is 11.7 Å². The lowest BCUT2D eigenvalue weighted by Crippen LogP contribution is -2.32. The zero-order valence-electron chi connectivity index (χ0n) is 14.3. The van der Waals surface area contributed by atoms with E-state index in [2.05, 4.69) is 17.1 Å². The topological polar surface area (TPSA) is 44.1 Å². The predicted molar refractivity (Wildman–Crippen MR) is 100.0 cm³/mol. The molecular weight excluding hydrogens is 299 g/mol. The minimum absolute atomic E-state index is 0.000758. The summed E-state index contributed by atoms with van der Waals surface area (Å²) in [5.74, 6) is 0.717. The van der Waals surface area contributed by atoms with E-state index < -0.39 is 0 Å². The fourth-order valence-electron chi connectivity index (χ4n) is 3.16. The molecule has 1 atom stereocenters. The first-order chi connectivity index (χ1) is 11.6. The van der Waals surface area contributed by atoms with Gasteiger partial charge in [-0.1, -0.05) is 47.9 Å². The highest BCUT2D eigenvalue weighted by molar-refractivity contribution is 6.33. The van der Waals surface area contributed by atoms with E-state index in [-0.39, 0.29) is 11.6 Å².